The zero-order valence-corrected chi connectivity index (χ0v) is 13.6. The number of aromatic nitrogens is 4. The van der Waals surface area contributed by atoms with Crippen molar-refractivity contribution in [2.45, 2.75) is 19.3 Å². The number of hydrogen-bond donors (Lipinski definition) is 1. The molecule has 124 valence electrons. The molecule has 1 N–H and O–H groups in total. The third-order valence-electron chi connectivity index (χ3n) is 4.32. The van der Waals surface area contributed by atoms with Crippen LogP contribution in [0, 0.1) is 0 Å². The van der Waals surface area contributed by atoms with Gasteiger partial charge in [0.1, 0.15) is 11.6 Å². The molecule has 0 radical (unpaired) electrons. The molecule has 25 heavy (non-hydrogen) atoms. The molecular formula is C19H16N4O2. The number of carboxylic acids is 1. The van der Waals surface area contributed by atoms with Crippen molar-refractivity contribution in [3.63, 3.8) is 0 Å². The smallest absolute Gasteiger partial charge is 0.314 e. The largest absolute Gasteiger partial charge is 0.481 e. The van der Waals surface area contributed by atoms with Crippen molar-refractivity contribution < 1.29 is 9.90 Å². The Labute approximate surface area is 143 Å². The van der Waals surface area contributed by atoms with Crippen LogP contribution in [-0.4, -0.2) is 30.7 Å². The van der Waals surface area contributed by atoms with Crippen molar-refractivity contribution >= 4 is 22.6 Å². The molecule has 0 bridgehead atoms. The van der Waals surface area contributed by atoms with Gasteiger partial charge in [-0.2, -0.15) is 0 Å². The Hall–Kier alpha value is -3.28. The van der Waals surface area contributed by atoms with Gasteiger partial charge in [0, 0.05) is 5.56 Å². The van der Waals surface area contributed by atoms with Crippen LogP contribution in [0.4, 0.5) is 0 Å². The first-order chi connectivity index (χ1) is 12.2. The van der Waals surface area contributed by atoms with Crippen molar-refractivity contribution in [1.82, 2.24) is 19.6 Å². The van der Waals surface area contributed by atoms with Crippen LogP contribution in [0.2, 0.25) is 0 Å². The molecule has 2 aromatic carbocycles. The monoisotopic (exact) mass is 332 g/mol. The topological polar surface area (TPSA) is 80.4 Å². The Balaban J connectivity index is 2.12. The van der Waals surface area contributed by atoms with Gasteiger partial charge in [0.2, 0.25) is 0 Å². The SMILES string of the molecule is CCC(C(=O)O)c1nnc2c(-c3ccccc3)nc3ccccc3n12. The highest BCUT2D eigenvalue weighted by atomic mass is 16.4. The van der Waals surface area contributed by atoms with Gasteiger partial charge in [-0.15, -0.1) is 10.2 Å². The minimum absolute atomic E-state index is 0.431. The number of para-hydroxylation sites is 2. The summed E-state index contributed by atoms with van der Waals surface area (Å²) in [6.45, 7) is 1.83. The van der Waals surface area contributed by atoms with Gasteiger partial charge in [-0.3, -0.25) is 9.20 Å². The van der Waals surface area contributed by atoms with Crippen molar-refractivity contribution in [2.24, 2.45) is 0 Å². The molecule has 4 rings (SSSR count). The van der Waals surface area contributed by atoms with E-state index in [0.717, 1.165) is 16.6 Å². The fourth-order valence-electron chi connectivity index (χ4n) is 3.09. The molecule has 0 fully saturated rings. The minimum Gasteiger partial charge on any atom is -0.481 e. The van der Waals surface area contributed by atoms with E-state index in [0.29, 0.717) is 23.6 Å². The molecule has 0 saturated carbocycles. The molecule has 2 heterocycles. The van der Waals surface area contributed by atoms with Gasteiger partial charge in [0.05, 0.1) is 11.0 Å². The first kappa shape index (κ1) is 15.3. The van der Waals surface area contributed by atoms with E-state index in [9.17, 15) is 9.90 Å². The van der Waals surface area contributed by atoms with E-state index < -0.39 is 11.9 Å². The molecule has 0 aliphatic heterocycles. The van der Waals surface area contributed by atoms with Gasteiger partial charge >= 0.3 is 5.97 Å². The van der Waals surface area contributed by atoms with Crippen molar-refractivity contribution in [3.8, 4) is 11.3 Å². The van der Waals surface area contributed by atoms with E-state index in [1.54, 1.807) is 0 Å². The Morgan fingerprint density at radius 1 is 1.08 bits per heavy atom. The molecule has 0 aliphatic carbocycles. The number of carboxylic acid groups (broad SMARTS) is 1. The number of hydrogen-bond acceptors (Lipinski definition) is 4. The fraction of sp³-hybridized carbons (Fsp3) is 0.158. The molecule has 6 nitrogen and oxygen atoms in total. The number of fused-ring (bicyclic) bond motifs is 3. The molecule has 0 aliphatic rings. The quantitative estimate of drug-likeness (QED) is 0.618. The van der Waals surface area contributed by atoms with E-state index in [2.05, 4.69) is 10.2 Å². The highest BCUT2D eigenvalue weighted by Crippen LogP contribution is 2.29. The van der Waals surface area contributed by atoms with Crippen LogP contribution in [0.3, 0.4) is 0 Å². The molecule has 1 atom stereocenters. The van der Waals surface area contributed by atoms with Crippen LogP contribution < -0.4 is 0 Å². The number of benzene rings is 2. The highest BCUT2D eigenvalue weighted by molar-refractivity contribution is 5.86. The first-order valence-corrected chi connectivity index (χ1v) is 8.12. The Bertz CT molecular complexity index is 1070. The van der Waals surface area contributed by atoms with E-state index in [-0.39, 0.29) is 0 Å². The van der Waals surface area contributed by atoms with Gasteiger partial charge < -0.3 is 5.11 Å². The lowest BCUT2D eigenvalue weighted by Gasteiger charge is -2.11. The maximum Gasteiger partial charge on any atom is 0.314 e. The maximum absolute atomic E-state index is 11.7. The molecule has 4 aromatic rings. The number of rotatable bonds is 4. The molecular weight excluding hydrogens is 316 g/mol. The molecule has 0 saturated heterocycles. The second-order valence-electron chi connectivity index (χ2n) is 5.83. The second kappa shape index (κ2) is 5.98. The lowest BCUT2D eigenvalue weighted by Crippen LogP contribution is -2.14. The summed E-state index contributed by atoms with van der Waals surface area (Å²) in [5.74, 6) is -1.19. The summed E-state index contributed by atoms with van der Waals surface area (Å²) in [7, 11) is 0. The zero-order valence-electron chi connectivity index (χ0n) is 13.6. The Morgan fingerprint density at radius 2 is 1.80 bits per heavy atom. The summed E-state index contributed by atoms with van der Waals surface area (Å²) in [5.41, 5.74) is 3.76. The summed E-state index contributed by atoms with van der Waals surface area (Å²) in [6.07, 6.45) is 0.438. The van der Waals surface area contributed by atoms with Crippen LogP contribution in [0.25, 0.3) is 27.9 Å². The van der Waals surface area contributed by atoms with Gasteiger partial charge in [-0.1, -0.05) is 49.4 Å². The average Bonchev–Trinajstić information content (AvgIpc) is 3.07. The number of carbonyl (C=O) groups is 1. The standard InChI is InChI=1S/C19H16N4O2/c1-2-13(19(24)25)17-21-22-18-16(12-8-4-3-5-9-12)20-14-10-6-7-11-15(14)23(17)18/h3-11,13H,2H2,1H3,(H,24,25). The van der Waals surface area contributed by atoms with Crippen LogP contribution in [-0.2, 0) is 4.79 Å². The van der Waals surface area contributed by atoms with Crippen molar-refractivity contribution in [1.29, 1.82) is 0 Å². The maximum atomic E-state index is 11.7. The summed E-state index contributed by atoms with van der Waals surface area (Å²) in [4.78, 5) is 16.4. The third-order valence-corrected chi connectivity index (χ3v) is 4.32. The fourth-order valence-corrected chi connectivity index (χ4v) is 3.09. The van der Waals surface area contributed by atoms with Crippen LogP contribution in [0.15, 0.2) is 54.6 Å². The highest BCUT2D eigenvalue weighted by Gasteiger charge is 2.26. The Kier molecular flexibility index (Phi) is 3.65. The lowest BCUT2D eigenvalue weighted by atomic mass is 10.1. The van der Waals surface area contributed by atoms with Crippen molar-refractivity contribution in [3.05, 3.63) is 60.4 Å². The third kappa shape index (κ3) is 2.42. The van der Waals surface area contributed by atoms with E-state index >= 15 is 0 Å². The Morgan fingerprint density at radius 3 is 2.52 bits per heavy atom. The predicted molar refractivity (Wildman–Crippen MR) is 94.4 cm³/mol. The van der Waals surface area contributed by atoms with Crippen LogP contribution in [0.1, 0.15) is 25.1 Å². The summed E-state index contributed by atoms with van der Waals surface area (Å²) in [5, 5.41) is 18.1. The minimum atomic E-state index is -0.904. The van der Waals surface area contributed by atoms with Gasteiger partial charge in [0.25, 0.3) is 0 Å². The van der Waals surface area contributed by atoms with Crippen molar-refractivity contribution in [2.75, 3.05) is 0 Å². The lowest BCUT2D eigenvalue weighted by molar-refractivity contribution is -0.139. The first-order valence-electron chi connectivity index (χ1n) is 8.12. The number of aliphatic carboxylic acids is 1. The molecule has 6 heteroatoms. The van der Waals surface area contributed by atoms with E-state index in [1.807, 2.05) is 65.9 Å². The zero-order chi connectivity index (χ0) is 17.4. The van der Waals surface area contributed by atoms with Gasteiger partial charge in [-0.05, 0) is 18.6 Å². The number of nitrogens with zero attached hydrogens (tertiary/aromatic N) is 4. The average molecular weight is 332 g/mol. The van der Waals surface area contributed by atoms with E-state index in [4.69, 9.17) is 4.98 Å². The van der Waals surface area contributed by atoms with Crippen LogP contribution >= 0.6 is 0 Å². The normalized spacial score (nSPS) is 12.5. The van der Waals surface area contributed by atoms with E-state index in [1.165, 1.54) is 0 Å². The van der Waals surface area contributed by atoms with Gasteiger partial charge in [-0.25, -0.2) is 4.98 Å². The molecule has 0 amide bonds. The van der Waals surface area contributed by atoms with Crippen LogP contribution in [0.5, 0.6) is 0 Å². The summed E-state index contributed by atoms with van der Waals surface area (Å²) >= 11 is 0. The van der Waals surface area contributed by atoms with Gasteiger partial charge in [0.15, 0.2) is 11.5 Å². The molecule has 1 unspecified atom stereocenters. The summed E-state index contributed by atoms with van der Waals surface area (Å²) < 4.78 is 1.83. The second-order valence-corrected chi connectivity index (χ2v) is 5.83. The predicted octanol–water partition coefficient (Wildman–Crippen LogP) is 3.52. The molecule has 2 aromatic heterocycles. The summed E-state index contributed by atoms with van der Waals surface area (Å²) in [6, 6.07) is 17.4. The molecule has 0 spiro atoms.